The highest BCUT2D eigenvalue weighted by Crippen LogP contribution is 2.27. The Hall–Kier alpha value is -2.80. The lowest BCUT2D eigenvalue weighted by Crippen LogP contribution is -2.36. The number of methoxy groups -OCH3 is 1. The lowest BCUT2D eigenvalue weighted by atomic mass is 10.3. The van der Waals surface area contributed by atoms with Crippen LogP contribution in [0.5, 0.6) is 5.75 Å². The number of sulfonamides is 1. The molecule has 0 heterocycles. The van der Waals surface area contributed by atoms with E-state index in [2.05, 4.69) is 11.3 Å². The maximum absolute atomic E-state index is 13.0. The van der Waals surface area contributed by atoms with Crippen LogP contribution in [-0.4, -0.2) is 34.6 Å². The summed E-state index contributed by atoms with van der Waals surface area (Å²) in [5.74, 6) is -0.201. The molecule has 6 nitrogen and oxygen atoms in total. The second-order valence-corrected chi connectivity index (χ2v) is 6.86. The Balaban J connectivity index is 2.46. The molecule has 0 aliphatic heterocycles. The van der Waals surface area contributed by atoms with Crippen LogP contribution in [-0.2, 0) is 19.6 Å². The van der Waals surface area contributed by atoms with Gasteiger partial charge in [0.2, 0.25) is 0 Å². The number of benzene rings is 2. The van der Waals surface area contributed by atoms with E-state index in [0.717, 1.165) is 4.31 Å². The van der Waals surface area contributed by atoms with Gasteiger partial charge in [-0.3, -0.25) is 9.10 Å². The fourth-order valence-electron chi connectivity index (χ4n) is 2.10. The maximum atomic E-state index is 13.0. The van der Waals surface area contributed by atoms with Crippen molar-refractivity contribution >= 4 is 21.7 Å². The zero-order valence-electron chi connectivity index (χ0n) is 13.8. The lowest BCUT2D eigenvalue weighted by Gasteiger charge is -2.23. The number of hydrogen-bond acceptors (Lipinski definition) is 5. The highest BCUT2D eigenvalue weighted by molar-refractivity contribution is 7.92. The monoisotopic (exact) mass is 361 g/mol. The van der Waals surface area contributed by atoms with Crippen LogP contribution in [0.3, 0.4) is 0 Å². The van der Waals surface area contributed by atoms with E-state index < -0.39 is 22.5 Å². The first-order valence-electron chi connectivity index (χ1n) is 7.47. The summed E-state index contributed by atoms with van der Waals surface area (Å²) in [5.41, 5.74) is 0.302. The largest absolute Gasteiger partial charge is 0.489 e. The Bertz CT molecular complexity index is 834. The quantitative estimate of drug-likeness (QED) is 0.534. The zero-order chi connectivity index (χ0) is 18.3. The van der Waals surface area contributed by atoms with Gasteiger partial charge in [0.1, 0.15) is 18.9 Å². The Morgan fingerprint density at radius 3 is 2.52 bits per heavy atom. The summed E-state index contributed by atoms with van der Waals surface area (Å²) in [5, 5.41) is 0. The van der Waals surface area contributed by atoms with Crippen LogP contribution >= 0.6 is 0 Å². The van der Waals surface area contributed by atoms with Crippen molar-refractivity contribution in [1.29, 1.82) is 0 Å². The first-order valence-corrected chi connectivity index (χ1v) is 8.91. The molecule has 0 saturated carbocycles. The van der Waals surface area contributed by atoms with E-state index in [-0.39, 0.29) is 11.5 Å². The normalized spacial score (nSPS) is 10.8. The average Bonchev–Trinajstić information content (AvgIpc) is 2.65. The van der Waals surface area contributed by atoms with Gasteiger partial charge >= 0.3 is 5.97 Å². The third-order valence-corrected chi connectivity index (χ3v) is 5.09. The zero-order valence-corrected chi connectivity index (χ0v) is 14.6. The van der Waals surface area contributed by atoms with Crippen molar-refractivity contribution in [2.75, 3.05) is 24.6 Å². The van der Waals surface area contributed by atoms with E-state index in [4.69, 9.17) is 4.74 Å². The predicted molar refractivity (Wildman–Crippen MR) is 95.1 cm³/mol. The number of hydrogen-bond donors (Lipinski definition) is 0. The summed E-state index contributed by atoms with van der Waals surface area (Å²) in [6.45, 7) is 3.41. The second kappa shape index (κ2) is 8.34. The first-order chi connectivity index (χ1) is 12.0. The van der Waals surface area contributed by atoms with Crippen molar-refractivity contribution in [2.45, 2.75) is 4.90 Å². The Kier molecular flexibility index (Phi) is 6.19. The highest BCUT2D eigenvalue weighted by atomic mass is 32.2. The van der Waals surface area contributed by atoms with Gasteiger partial charge in [0.05, 0.1) is 17.7 Å². The molecule has 0 N–H and O–H groups in total. The summed E-state index contributed by atoms with van der Waals surface area (Å²) < 4.78 is 37.0. The van der Waals surface area contributed by atoms with Crippen LogP contribution in [0.4, 0.5) is 5.69 Å². The van der Waals surface area contributed by atoms with Gasteiger partial charge in [-0.15, -0.1) is 0 Å². The summed E-state index contributed by atoms with van der Waals surface area (Å²) in [6, 6.07) is 14.4. The number of nitrogens with zero attached hydrogens (tertiary/aromatic N) is 1. The summed E-state index contributed by atoms with van der Waals surface area (Å²) in [4.78, 5) is 11.8. The Morgan fingerprint density at radius 2 is 1.88 bits per heavy atom. The molecule has 7 heteroatoms. The number of anilines is 1. The van der Waals surface area contributed by atoms with Gasteiger partial charge in [-0.2, -0.15) is 0 Å². The molecule has 0 unspecified atom stereocenters. The van der Waals surface area contributed by atoms with Crippen LogP contribution < -0.4 is 9.04 Å². The molecule has 0 spiro atoms. The van der Waals surface area contributed by atoms with E-state index in [0.29, 0.717) is 11.4 Å². The molecule has 2 aromatic carbocycles. The van der Waals surface area contributed by atoms with Gasteiger partial charge in [-0.05, 0) is 24.3 Å². The van der Waals surface area contributed by atoms with Gasteiger partial charge in [-0.25, -0.2) is 8.42 Å². The molecule has 0 fully saturated rings. The van der Waals surface area contributed by atoms with Crippen molar-refractivity contribution in [3.05, 3.63) is 67.3 Å². The minimum absolute atomic E-state index is 0.0799. The third kappa shape index (κ3) is 4.60. The summed E-state index contributed by atoms with van der Waals surface area (Å²) >= 11 is 0. The maximum Gasteiger partial charge on any atom is 0.326 e. The Morgan fingerprint density at radius 1 is 1.16 bits per heavy atom. The topological polar surface area (TPSA) is 72.9 Å². The molecular formula is C18H19NO5S. The highest BCUT2D eigenvalue weighted by Gasteiger charge is 2.27. The molecule has 0 atom stereocenters. The number of rotatable bonds is 8. The molecule has 0 amide bonds. The third-order valence-electron chi connectivity index (χ3n) is 3.31. The van der Waals surface area contributed by atoms with Crippen LogP contribution in [0.1, 0.15) is 0 Å². The average molecular weight is 361 g/mol. The van der Waals surface area contributed by atoms with Crippen molar-refractivity contribution in [3.8, 4) is 5.75 Å². The number of ether oxygens (including phenoxy) is 2. The van der Waals surface area contributed by atoms with Crippen LogP contribution in [0.2, 0.25) is 0 Å². The van der Waals surface area contributed by atoms with Crippen molar-refractivity contribution < 1.29 is 22.7 Å². The molecule has 0 radical (unpaired) electrons. The number of esters is 1. The molecule has 2 rings (SSSR count). The second-order valence-electron chi connectivity index (χ2n) is 5.00. The number of carbonyl (C=O) groups is 1. The van der Waals surface area contributed by atoms with E-state index >= 15 is 0 Å². The minimum atomic E-state index is -3.94. The van der Waals surface area contributed by atoms with Crippen LogP contribution in [0.15, 0.2) is 72.1 Å². The molecule has 25 heavy (non-hydrogen) atoms. The number of carbonyl (C=O) groups excluding carboxylic acids is 1. The molecule has 0 saturated heterocycles. The minimum Gasteiger partial charge on any atom is -0.489 e. The SMILES string of the molecule is C=CCOc1cccc(N(CC(=O)OC)S(=O)(=O)c2ccccc2)c1. The summed E-state index contributed by atoms with van der Waals surface area (Å²) in [6.07, 6.45) is 1.58. The first kappa shape index (κ1) is 18.5. The predicted octanol–water partition coefficient (Wildman–Crippen LogP) is 2.62. The molecule has 132 valence electrons. The molecule has 0 aliphatic carbocycles. The fourth-order valence-corrected chi connectivity index (χ4v) is 3.52. The lowest BCUT2D eigenvalue weighted by molar-refractivity contribution is -0.138. The molecule has 2 aromatic rings. The molecular weight excluding hydrogens is 342 g/mol. The van der Waals surface area contributed by atoms with E-state index in [1.807, 2.05) is 0 Å². The Labute approximate surface area is 147 Å². The van der Waals surface area contributed by atoms with Crippen LogP contribution in [0.25, 0.3) is 0 Å². The van der Waals surface area contributed by atoms with Gasteiger partial charge < -0.3 is 9.47 Å². The standard InChI is InChI=1S/C18H19NO5S/c1-3-12-24-16-9-7-8-15(13-16)19(14-18(20)23-2)25(21,22)17-10-5-4-6-11-17/h3-11,13H,1,12,14H2,2H3. The smallest absolute Gasteiger partial charge is 0.326 e. The van der Waals surface area contributed by atoms with E-state index in [1.165, 1.54) is 19.2 Å². The molecule has 0 aromatic heterocycles. The fraction of sp³-hybridized carbons (Fsp3) is 0.167. The van der Waals surface area contributed by atoms with Gasteiger partial charge in [0.25, 0.3) is 10.0 Å². The van der Waals surface area contributed by atoms with Crippen LogP contribution in [0, 0.1) is 0 Å². The van der Waals surface area contributed by atoms with Gasteiger partial charge in [0, 0.05) is 6.07 Å². The van der Waals surface area contributed by atoms with Gasteiger partial charge in [-0.1, -0.05) is 36.9 Å². The molecule has 0 aliphatic rings. The van der Waals surface area contributed by atoms with Crippen molar-refractivity contribution in [2.24, 2.45) is 0 Å². The van der Waals surface area contributed by atoms with E-state index in [9.17, 15) is 13.2 Å². The van der Waals surface area contributed by atoms with E-state index in [1.54, 1.807) is 48.5 Å². The van der Waals surface area contributed by atoms with Crippen molar-refractivity contribution in [3.63, 3.8) is 0 Å². The van der Waals surface area contributed by atoms with Crippen molar-refractivity contribution in [1.82, 2.24) is 0 Å². The summed E-state index contributed by atoms with van der Waals surface area (Å²) in [7, 11) is -2.73. The molecule has 0 bridgehead atoms. The van der Waals surface area contributed by atoms with Gasteiger partial charge in [0.15, 0.2) is 0 Å².